The maximum Gasteiger partial charge on any atom is 0.263 e. The minimum atomic E-state index is -0.110. The Hall–Kier alpha value is -2.41. The van der Waals surface area contributed by atoms with Gasteiger partial charge in [-0.1, -0.05) is 17.0 Å². The van der Waals surface area contributed by atoms with Crippen molar-refractivity contribution in [3.63, 3.8) is 0 Å². The molecule has 108 valence electrons. The number of nitrogens with zero attached hydrogens (tertiary/aromatic N) is 4. The van der Waals surface area contributed by atoms with Crippen LogP contribution in [0.25, 0.3) is 11.0 Å². The van der Waals surface area contributed by atoms with Gasteiger partial charge >= 0.3 is 0 Å². The van der Waals surface area contributed by atoms with E-state index in [-0.39, 0.29) is 12.5 Å². The SMILES string of the molecule is CN(Cc1ccsc1)C(=O)COn1nnc2ccccc21. The van der Waals surface area contributed by atoms with Crippen molar-refractivity contribution in [1.29, 1.82) is 0 Å². The number of benzene rings is 1. The number of aromatic nitrogens is 3. The summed E-state index contributed by atoms with van der Waals surface area (Å²) < 4.78 is 0. The molecule has 3 rings (SSSR count). The van der Waals surface area contributed by atoms with Crippen LogP contribution in [0.2, 0.25) is 0 Å². The number of para-hydroxylation sites is 1. The molecular formula is C14H14N4O2S. The number of hydrogen-bond donors (Lipinski definition) is 0. The van der Waals surface area contributed by atoms with Crippen LogP contribution in [-0.4, -0.2) is 39.6 Å². The largest absolute Gasteiger partial charge is 0.385 e. The van der Waals surface area contributed by atoms with Crippen molar-refractivity contribution >= 4 is 28.3 Å². The van der Waals surface area contributed by atoms with Gasteiger partial charge in [-0.25, -0.2) is 0 Å². The predicted molar refractivity (Wildman–Crippen MR) is 79.8 cm³/mol. The Morgan fingerprint density at radius 2 is 2.24 bits per heavy atom. The van der Waals surface area contributed by atoms with Crippen LogP contribution in [0.15, 0.2) is 41.1 Å². The lowest BCUT2D eigenvalue weighted by Gasteiger charge is -2.16. The van der Waals surface area contributed by atoms with E-state index in [1.165, 1.54) is 4.85 Å². The van der Waals surface area contributed by atoms with Crippen LogP contribution in [0.1, 0.15) is 5.56 Å². The Morgan fingerprint density at radius 3 is 3.05 bits per heavy atom. The van der Waals surface area contributed by atoms with Crippen molar-refractivity contribution in [3.8, 4) is 0 Å². The lowest BCUT2D eigenvalue weighted by Crippen LogP contribution is -2.33. The van der Waals surface area contributed by atoms with Gasteiger partial charge in [0.05, 0.1) is 0 Å². The summed E-state index contributed by atoms with van der Waals surface area (Å²) in [5.74, 6) is -0.110. The fourth-order valence-electron chi connectivity index (χ4n) is 1.91. The highest BCUT2D eigenvalue weighted by molar-refractivity contribution is 7.07. The monoisotopic (exact) mass is 302 g/mol. The third-order valence-corrected chi connectivity index (χ3v) is 3.79. The smallest absolute Gasteiger partial charge is 0.263 e. The third-order valence-electron chi connectivity index (χ3n) is 3.06. The van der Waals surface area contributed by atoms with Crippen LogP contribution in [0.5, 0.6) is 0 Å². The molecule has 0 saturated heterocycles. The van der Waals surface area contributed by atoms with Crippen LogP contribution in [0, 0.1) is 0 Å². The predicted octanol–water partition coefficient (Wildman–Crippen LogP) is 1.58. The molecule has 7 heteroatoms. The molecule has 0 spiro atoms. The highest BCUT2D eigenvalue weighted by atomic mass is 32.1. The summed E-state index contributed by atoms with van der Waals surface area (Å²) in [5.41, 5.74) is 2.59. The highest BCUT2D eigenvalue weighted by Crippen LogP contribution is 2.09. The number of likely N-dealkylation sites (N-methyl/N-ethyl adjacent to an activating group) is 1. The van der Waals surface area contributed by atoms with E-state index in [1.807, 2.05) is 41.1 Å². The van der Waals surface area contributed by atoms with E-state index in [1.54, 1.807) is 23.3 Å². The van der Waals surface area contributed by atoms with Crippen LogP contribution in [0.4, 0.5) is 0 Å². The molecule has 6 nitrogen and oxygen atoms in total. The van der Waals surface area contributed by atoms with Gasteiger partial charge in [0.15, 0.2) is 6.61 Å². The van der Waals surface area contributed by atoms with Crippen LogP contribution in [0.3, 0.4) is 0 Å². The van der Waals surface area contributed by atoms with Gasteiger partial charge in [-0.2, -0.15) is 11.3 Å². The molecule has 0 aliphatic rings. The molecular weight excluding hydrogens is 288 g/mol. The van der Waals surface area contributed by atoms with Crippen molar-refractivity contribution in [2.45, 2.75) is 6.54 Å². The van der Waals surface area contributed by atoms with Gasteiger partial charge in [0, 0.05) is 13.6 Å². The van der Waals surface area contributed by atoms with E-state index in [2.05, 4.69) is 10.3 Å². The first kappa shape index (κ1) is 13.6. The summed E-state index contributed by atoms with van der Waals surface area (Å²) >= 11 is 1.61. The Labute approximate surface area is 125 Å². The molecule has 3 aromatic rings. The first-order chi connectivity index (χ1) is 10.2. The van der Waals surface area contributed by atoms with Gasteiger partial charge in [-0.05, 0) is 39.7 Å². The van der Waals surface area contributed by atoms with Gasteiger partial charge in [0.2, 0.25) is 0 Å². The minimum Gasteiger partial charge on any atom is -0.385 e. The zero-order valence-corrected chi connectivity index (χ0v) is 12.3. The van der Waals surface area contributed by atoms with Gasteiger partial charge < -0.3 is 9.74 Å². The topological polar surface area (TPSA) is 60.2 Å². The molecule has 2 aromatic heterocycles. The molecule has 1 amide bonds. The summed E-state index contributed by atoms with van der Waals surface area (Å²) in [6.45, 7) is 0.498. The highest BCUT2D eigenvalue weighted by Gasteiger charge is 2.12. The quantitative estimate of drug-likeness (QED) is 0.718. The standard InChI is InChI=1S/C14H14N4O2S/c1-17(8-11-6-7-21-10-11)14(19)9-20-18-13-5-3-2-4-12(13)15-16-18/h2-7,10H,8-9H2,1H3. The first-order valence-electron chi connectivity index (χ1n) is 6.43. The maximum absolute atomic E-state index is 12.0. The number of carbonyl (C=O) groups is 1. The van der Waals surface area contributed by atoms with Crippen molar-refractivity contribution in [2.24, 2.45) is 0 Å². The summed E-state index contributed by atoms with van der Waals surface area (Å²) in [5, 5.41) is 11.9. The fourth-order valence-corrected chi connectivity index (χ4v) is 2.57. The normalized spacial score (nSPS) is 10.7. The summed E-state index contributed by atoms with van der Waals surface area (Å²) in [6, 6.07) is 9.43. The van der Waals surface area contributed by atoms with E-state index in [4.69, 9.17) is 4.84 Å². The van der Waals surface area contributed by atoms with Gasteiger partial charge in [0.1, 0.15) is 11.0 Å². The Bertz CT molecular complexity index is 738. The average Bonchev–Trinajstić information content (AvgIpc) is 3.14. The maximum atomic E-state index is 12.0. The summed E-state index contributed by atoms with van der Waals surface area (Å²) in [6.07, 6.45) is 0. The number of fused-ring (bicyclic) bond motifs is 1. The van der Waals surface area contributed by atoms with Crippen LogP contribution >= 0.6 is 11.3 Å². The zero-order chi connectivity index (χ0) is 14.7. The van der Waals surface area contributed by atoms with Crippen molar-refractivity contribution < 1.29 is 9.63 Å². The molecule has 2 heterocycles. The van der Waals surface area contributed by atoms with Gasteiger partial charge in [0.25, 0.3) is 5.91 Å². The number of carbonyl (C=O) groups excluding carboxylic acids is 1. The number of hydrogen-bond acceptors (Lipinski definition) is 5. The minimum absolute atomic E-state index is 0.0754. The van der Waals surface area contributed by atoms with Crippen LogP contribution < -0.4 is 4.84 Å². The number of amides is 1. The Balaban J connectivity index is 1.60. The molecule has 0 fully saturated rings. The summed E-state index contributed by atoms with van der Waals surface area (Å²) in [4.78, 5) is 20.4. The molecule has 1 aromatic carbocycles. The van der Waals surface area contributed by atoms with Crippen molar-refractivity contribution in [1.82, 2.24) is 20.1 Å². The molecule has 0 radical (unpaired) electrons. The molecule has 0 aliphatic heterocycles. The second-order valence-electron chi connectivity index (χ2n) is 4.61. The van der Waals surface area contributed by atoms with E-state index in [9.17, 15) is 4.79 Å². The van der Waals surface area contributed by atoms with Crippen LogP contribution in [-0.2, 0) is 11.3 Å². The number of thiophene rings is 1. The van der Waals surface area contributed by atoms with E-state index < -0.39 is 0 Å². The van der Waals surface area contributed by atoms with Gasteiger partial charge in [-0.15, -0.1) is 5.10 Å². The third kappa shape index (κ3) is 3.03. The Morgan fingerprint density at radius 1 is 1.38 bits per heavy atom. The second kappa shape index (κ2) is 5.92. The van der Waals surface area contributed by atoms with E-state index in [0.717, 1.165) is 16.6 Å². The van der Waals surface area contributed by atoms with Crippen molar-refractivity contribution in [3.05, 3.63) is 46.7 Å². The van der Waals surface area contributed by atoms with Gasteiger partial charge in [-0.3, -0.25) is 4.79 Å². The Kier molecular flexibility index (Phi) is 3.83. The molecule has 0 aliphatic carbocycles. The van der Waals surface area contributed by atoms with E-state index >= 15 is 0 Å². The number of rotatable bonds is 5. The summed E-state index contributed by atoms with van der Waals surface area (Å²) in [7, 11) is 1.75. The zero-order valence-electron chi connectivity index (χ0n) is 11.5. The molecule has 0 bridgehead atoms. The average molecular weight is 302 g/mol. The molecule has 0 saturated carbocycles. The molecule has 0 atom stereocenters. The van der Waals surface area contributed by atoms with E-state index in [0.29, 0.717) is 6.54 Å². The van der Waals surface area contributed by atoms with Crippen molar-refractivity contribution in [2.75, 3.05) is 13.7 Å². The molecule has 21 heavy (non-hydrogen) atoms. The second-order valence-corrected chi connectivity index (χ2v) is 5.39. The fraction of sp³-hybridized carbons (Fsp3) is 0.214. The first-order valence-corrected chi connectivity index (χ1v) is 7.37. The molecule has 0 N–H and O–H groups in total. The lowest BCUT2D eigenvalue weighted by atomic mass is 10.3. The lowest BCUT2D eigenvalue weighted by molar-refractivity contribution is -0.135. The molecule has 0 unspecified atom stereocenters.